The van der Waals surface area contributed by atoms with Gasteiger partial charge in [0.05, 0.1) is 5.92 Å². The van der Waals surface area contributed by atoms with Crippen molar-refractivity contribution in [2.75, 3.05) is 13.2 Å². The summed E-state index contributed by atoms with van der Waals surface area (Å²) in [6, 6.07) is 4.26. The van der Waals surface area contributed by atoms with E-state index in [1.807, 2.05) is 0 Å². The number of carboxylic acids is 1. The maximum atomic E-state index is 13.4. The maximum Gasteiger partial charge on any atom is 0.306 e. The number of nitrogens with one attached hydrogen (secondary N) is 1. The van der Waals surface area contributed by atoms with E-state index in [0.717, 1.165) is 0 Å². The number of ether oxygens (including phenoxy) is 1. The molecule has 0 aromatic heterocycles. The Hall–Kier alpha value is -1.63. The first-order valence-electron chi connectivity index (χ1n) is 5.97. The molecule has 1 unspecified atom stereocenters. The molecule has 1 aromatic carbocycles. The molecular weight excluding hydrogens is 333 g/mol. The van der Waals surface area contributed by atoms with Crippen LogP contribution in [0.4, 0.5) is 4.39 Å². The smallest absolute Gasteiger partial charge is 0.306 e. The number of carbonyl (C=O) groups is 2. The topological polar surface area (TPSA) is 75.6 Å². The van der Waals surface area contributed by atoms with Crippen LogP contribution in [-0.2, 0) is 9.59 Å². The van der Waals surface area contributed by atoms with Gasteiger partial charge in [0, 0.05) is 11.0 Å². The van der Waals surface area contributed by atoms with Gasteiger partial charge in [-0.25, -0.2) is 4.39 Å². The number of carbonyl (C=O) groups excluding carboxylic acids is 1. The number of benzene rings is 1. The summed E-state index contributed by atoms with van der Waals surface area (Å²) in [5.74, 6) is -2.44. The Morgan fingerprint density at radius 2 is 2.20 bits per heavy atom. The fourth-order valence-electron chi connectivity index (χ4n) is 1.34. The van der Waals surface area contributed by atoms with Crippen molar-refractivity contribution in [1.29, 1.82) is 0 Å². The van der Waals surface area contributed by atoms with Crippen LogP contribution in [0, 0.1) is 11.7 Å². The third-order valence-electron chi connectivity index (χ3n) is 2.57. The molecule has 1 amide bonds. The van der Waals surface area contributed by atoms with Crippen molar-refractivity contribution in [2.24, 2.45) is 5.92 Å². The predicted molar refractivity (Wildman–Crippen MR) is 74.0 cm³/mol. The van der Waals surface area contributed by atoms with Gasteiger partial charge in [-0.2, -0.15) is 0 Å². The zero-order valence-corrected chi connectivity index (χ0v) is 12.4. The minimum Gasteiger partial charge on any atom is -0.481 e. The second-order valence-corrected chi connectivity index (χ2v) is 5.16. The quantitative estimate of drug-likeness (QED) is 0.792. The van der Waals surface area contributed by atoms with E-state index in [1.54, 1.807) is 13.0 Å². The van der Waals surface area contributed by atoms with Crippen LogP contribution in [-0.4, -0.2) is 30.1 Å². The van der Waals surface area contributed by atoms with Gasteiger partial charge in [-0.15, -0.1) is 0 Å². The summed E-state index contributed by atoms with van der Waals surface area (Å²) in [6.45, 7) is 1.47. The molecule has 0 aliphatic heterocycles. The lowest BCUT2D eigenvalue weighted by molar-refractivity contribution is -0.141. The molecule has 1 aromatic rings. The van der Waals surface area contributed by atoms with Crippen LogP contribution in [0.25, 0.3) is 0 Å². The summed E-state index contributed by atoms with van der Waals surface area (Å²) in [4.78, 5) is 22.0. The lowest BCUT2D eigenvalue weighted by atomic mass is 10.1. The van der Waals surface area contributed by atoms with Crippen LogP contribution in [0.3, 0.4) is 0 Å². The van der Waals surface area contributed by atoms with Crippen molar-refractivity contribution in [3.05, 3.63) is 28.5 Å². The van der Waals surface area contributed by atoms with Crippen LogP contribution in [0.5, 0.6) is 5.75 Å². The van der Waals surface area contributed by atoms with Gasteiger partial charge in [0.25, 0.3) is 5.91 Å². The Bertz CT molecular complexity index is 495. The van der Waals surface area contributed by atoms with Gasteiger partial charge in [-0.3, -0.25) is 9.59 Å². The Morgan fingerprint density at radius 3 is 2.80 bits per heavy atom. The fraction of sp³-hybridized carbons (Fsp3) is 0.385. The molecule has 7 heteroatoms. The van der Waals surface area contributed by atoms with E-state index in [4.69, 9.17) is 9.84 Å². The summed E-state index contributed by atoms with van der Waals surface area (Å²) in [5, 5.41) is 11.2. The van der Waals surface area contributed by atoms with E-state index in [2.05, 4.69) is 21.2 Å². The lowest BCUT2D eigenvalue weighted by Crippen LogP contribution is -2.31. The predicted octanol–water partition coefficient (Wildman–Crippen LogP) is 2.19. The summed E-state index contributed by atoms with van der Waals surface area (Å²) >= 11 is 3.11. The maximum absolute atomic E-state index is 13.4. The molecule has 1 rings (SSSR count). The SMILES string of the molecule is CC(CCNC(=O)COc1ccc(Br)cc1F)C(=O)O. The summed E-state index contributed by atoms with van der Waals surface area (Å²) in [5.41, 5.74) is 0. The zero-order valence-electron chi connectivity index (χ0n) is 10.9. The van der Waals surface area contributed by atoms with E-state index in [9.17, 15) is 14.0 Å². The normalized spacial score (nSPS) is 11.8. The van der Waals surface area contributed by atoms with Gasteiger partial charge in [-0.05, 0) is 24.6 Å². The first-order valence-corrected chi connectivity index (χ1v) is 6.77. The highest BCUT2D eigenvalue weighted by atomic mass is 79.9. The number of amides is 1. The second kappa shape index (κ2) is 7.84. The largest absolute Gasteiger partial charge is 0.481 e. The Morgan fingerprint density at radius 1 is 1.50 bits per heavy atom. The van der Waals surface area contributed by atoms with E-state index in [-0.39, 0.29) is 18.9 Å². The molecule has 0 aliphatic carbocycles. The molecular formula is C13H15BrFNO4. The van der Waals surface area contributed by atoms with E-state index >= 15 is 0 Å². The Balaban J connectivity index is 2.31. The molecule has 0 bridgehead atoms. The molecule has 0 spiro atoms. The zero-order chi connectivity index (χ0) is 15.1. The Kier molecular flexibility index (Phi) is 6.44. The monoisotopic (exact) mass is 347 g/mol. The van der Waals surface area contributed by atoms with Crippen LogP contribution in [0.1, 0.15) is 13.3 Å². The average molecular weight is 348 g/mol. The van der Waals surface area contributed by atoms with Gasteiger partial charge in [0.2, 0.25) is 0 Å². The first-order chi connectivity index (χ1) is 9.40. The molecule has 20 heavy (non-hydrogen) atoms. The van der Waals surface area contributed by atoms with Crippen molar-refractivity contribution < 1.29 is 23.8 Å². The third kappa shape index (κ3) is 5.56. The van der Waals surface area contributed by atoms with Gasteiger partial charge in [0.15, 0.2) is 18.2 Å². The molecule has 0 heterocycles. The number of halogens is 2. The third-order valence-corrected chi connectivity index (χ3v) is 3.07. The van der Waals surface area contributed by atoms with Crippen LogP contribution < -0.4 is 10.1 Å². The fourth-order valence-corrected chi connectivity index (χ4v) is 1.67. The van der Waals surface area contributed by atoms with Crippen molar-refractivity contribution in [2.45, 2.75) is 13.3 Å². The number of aliphatic carboxylic acids is 1. The van der Waals surface area contributed by atoms with Gasteiger partial charge < -0.3 is 15.2 Å². The van der Waals surface area contributed by atoms with Crippen molar-refractivity contribution in [1.82, 2.24) is 5.32 Å². The molecule has 0 aliphatic rings. The molecule has 0 saturated carbocycles. The first kappa shape index (κ1) is 16.4. The molecule has 5 nitrogen and oxygen atoms in total. The number of hydrogen-bond acceptors (Lipinski definition) is 3. The second-order valence-electron chi connectivity index (χ2n) is 4.24. The van der Waals surface area contributed by atoms with Crippen LogP contribution >= 0.6 is 15.9 Å². The van der Waals surface area contributed by atoms with E-state index in [0.29, 0.717) is 10.9 Å². The number of carboxylic acid groups (broad SMARTS) is 1. The van der Waals surface area contributed by atoms with Gasteiger partial charge >= 0.3 is 5.97 Å². The average Bonchev–Trinajstić information content (AvgIpc) is 2.37. The molecule has 0 fully saturated rings. The van der Waals surface area contributed by atoms with Crippen molar-refractivity contribution in [3.8, 4) is 5.75 Å². The lowest BCUT2D eigenvalue weighted by Gasteiger charge is -2.09. The highest BCUT2D eigenvalue weighted by Gasteiger charge is 2.11. The van der Waals surface area contributed by atoms with Crippen LogP contribution in [0.2, 0.25) is 0 Å². The highest BCUT2D eigenvalue weighted by Crippen LogP contribution is 2.21. The molecule has 1 atom stereocenters. The summed E-state index contributed by atoms with van der Waals surface area (Å²) in [7, 11) is 0. The van der Waals surface area contributed by atoms with Crippen molar-refractivity contribution in [3.63, 3.8) is 0 Å². The minimum absolute atomic E-state index is 0.0118. The number of rotatable bonds is 7. The standard InChI is InChI=1S/C13H15BrFNO4/c1-8(13(18)19)4-5-16-12(17)7-20-11-3-2-9(14)6-10(11)15/h2-3,6,8H,4-5,7H2,1H3,(H,16,17)(H,18,19). The summed E-state index contributed by atoms with van der Waals surface area (Å²) in [6.07, 6.45) is 0.327. The molecule has 2 N–H and O–H groups in total. The van der Waals surface area contributed by atoms with Crippen molar-refractivity contribution >= 4 is 27.8 Å². The molecule has 110 valence electrons. The minimum atomic E-state index is -0.910. The van der Waals surface area contributed by atoms with Gasteiger partial charge in [0.1, 0.15) is 0 Å². The highest BCUT2D eigenvalue weighted by molar-refractivity contribution is 9.10. The summed E-state index contributed by atoms with van der Waals surface area (Å²) < 4.78 is 19.0. The molecule has 0 saturated heterocycles. The molecule has 0 radical (unpaired) electrons. The Labute approximate surface area is 124 Å². The van der Waals surface area contributed by atoms with Gasteiger partial charge in [-0.1, -0.05) is 22.9 Å². The number of hydrogen-bond donors (Lipinski definition) is 2. The van der Waals surface area contributed by atoms with E-state index in [1.165, 1.54) is 12.1 Å². The van der Waals surface area contributed by atoms with E-state index < -0.39 is 23.6 Å². The van der Waals surface area contributed by atoms with Crippen LogP contribution in [0.15, 0.2) is 22.7 Å².